The van der Waals surface area contributed by atoms with Crippen LogP contribution < -0.4 is 9.47 Å². The third-order valence-corrected chi connectivity index (χ3v) is 10.3. The van der Waals surface area contributed by atoms with Crippen LogP contribution >= 0.6 is 0 Å². The number of fused-ring (bicyclic) bond motifs is 8. The SMILES string of the molecule is COc1ccc(C2(c3cc(-c4ccccc4)cc(-c4ccccc4)n3)C=Cc3c4c(c5ccccc5c3O2)-c2ccccc2C4(C)C)cc1. The molecule has 0 N–H and O–H groups in total. The molecule has 0 bridgehead atoms. The van der Waals surface area contributed by atoms with Gasteiger partial charge in [0.15, 0.2) is 5.60 Å². The number of pyridine rings is 1. The zero-order valence-corrected chi connectivity index (χ0v) is 27.8. The van der Waals surface area contributed by atoms with Crippen molar-refractivity contribution < 1.29 is 9.47 Å². The standard InChI is InChI=1S/C46H35NO2/c1-45(2)39-21-13-12-20-37(39)42-35-18-10-11-19-36(35)44-38(43(42)45)26-27-46(49-44,33-22-24-34(48-3)25-23-33)41-29-32(30-14-6-4-7-15-30)28-40(47-41)31-16-8-5-9-17-31/h4-29H,1-3H3. The van der Waals surface area contributed by atoms with Crippen molar-refractivity contribution in [2.45, 2.75) is 24.9 Å². The molecule has 0 radical (unpaired) electrons. The Morgan fingerprint density at radius 2 is 1.29 bits per heavy atom. The predicted octanol–water partition coefficient (Wildman–Crippen LogP) is 11.2. The van der Waals surface area contributed by atoms with E-state index in [-0.39, 0.29) is 5.41 Å². The maximum atomic E-state index is 7.59. The molecule has 0 saturated carbocycles. The molecule has 0 amide bonds. The van der Waals surface area contributed by atoms with Crippen LogP contribution in [0.3, 0.4) is 0 Å². The van der Waals surface area contributed by atoms with Crippen molar-refractivity contribution in [2.24, 2.45) is 0 Å². The zero-order valence-electron chi connectivity index (χ0n) is 27.8. The summed E-state index contributed by atoms with van der Waals surface area (Å²) >= 11 is 0. The minimum atomic E-state index is -1.03. The molecule has 1 unspecified atom stereocenters. The number of rotatable bonds is 5. The van der Waals surface area contributed by atoms with Crippen molar-refractivity contribution in [1.82, 2.24) is 4.98 Å². The first-order valence-corrected chi connectivity index (χ1v) is 16.8. The molecule has 1 aliphatic heterocycles. The highest BCUT2D eigenvalue weighted by molar-refractivity contribution is 6.08. The maximum Gasteiger partial charge on any atom is 0.194 e. The third-order valence-electron chi connectivity index (χ3n) is 10.3. The summed E-state index contributed by atoms with van der Waals surface area (Å²) in [5.41, 5.74) is 11.1. The van der Waals surface area contributed by atoms with Crippen LogP contribution in [0.2, 0.25) is 0 Å². The molecule has 7 aromatic rings. The van der Waals surface area contributed by atoms with Crippen molar-refractivity contribution in [1.29, 1.82) is 0 Å². The molecule has 9 rings (SSSR count). The highest BCUT2D eigenvalue weighted by atomic mass is 16.5. The molecule has 3 heteroatoms. The van der Waals surface area contributed by atoms with Crippen LogP contribution in [-0.4, -0.2) is 12.1 Å². The monoisotopic (exact) mass is 633 g/mol. The van der Waals surface area contributed by atoms with Gasteiger partial charge < -0.3 is 9.47 Å². The summed E-state index contributed by atoms with van der Waals surface area (Å²) in [6, 6.07) is 51.0. The van der Waals surface area contributed by atoms with Gasteiger partial charge in [0.1, 0.15) is 11.5 Å². The number of nitrogens with zero attached hydrogens (tertiary/aromatic N) is 1. The van der Waals surface area contributed by atoms with E-state index in [4.69, 9.17) is 14.5 Å². The minimum Gasteiger partial charge on any atom is -0.497 e. The first-order valence-electron chi connectivity index (χ1n) is 16.8. The van der Waals surface area contributed by atoms with Gasteiger partial charge in [-0.15, -0.1) is 0 Å². The molecule has 236 valence electrons. The number of ether oxygens (including phenoxy) is 2. The van der Waals surface area contributed by atoms with Crippen LogP contribution in [0.25, 0.3) is 50.4 Å². The van der Waals surface area contributed by atoms with Gasteiger partial charge in [-0.3, -0.25) is 0 Å². The summed E-state index contributed by atoms with van der Waals surface area (Å²) in [4.78, 5) is 5.42. The van der Waals surface area contributed by atoms with Crippen molar-refractivity contribution in [3.63, 3.8) is 0 Å². The largest absolute Gasteiger partial charge is 0.497 e. The molecule has 1 atom stereocenters. The molecule has 49 heavy (non-hydrogen) atoms. The van der Waals surface area contributed by atoms with E-state index in [1.54, 1.807) is 7.11 Å². The van der Waals surface area contributed by atoms with Crippen LogP contribution in [0.1, 0.15) is 41.8 Å². The van der Waals surface area contributed by atoms with Gasteiger partial charge in [0.05, 0.1) is 18.5 Å². The van der Waals surface area contributed by atoms with Crippen LogP contribution in [-0.2, 0) is 11.0 Å². The predicted molar refractivity (Wildman–Crippen MR) is 200 cm³/mol. The Bertz CT molecular complexity index is 2350. The van der Waals surface area contributed by atoms with E-state index in [1.165, 1.54) is 27.6 Å². The molecular formula is C46H35NO2. The first-order chi connectivity index (χ1) is 24.0. The Morgan fingerprint density at radius 1 is 0.633 bits per heavy atom. The van der Waals surface area contributed by atoms with Gasteiger partial charge >= 0.3 is 0 Å². The van der Waals surface area contributed by atoms with Crippen molar-refractivity contribution in [2.75, 3.05) is 7.11 Å². The van der Waals surface area contributed by atoms with E-state index in [9.17, 15) is 0 Å². The second-order valence-electron chi connectivity index (χ2n) is 13.5. The lowest BCUT2D eigenvalue weighted by molar-refractivity contribution is 0.158. The van der Waals surface area contributed by atoms with Gasteiger partial charge in [0.25, 0.3) is 0 Å². The highest BCUT2D eigenvalue weighted by Gasteiger charge is 2.45. The molecule has 0 fully saturated rings. The second kappa shape index (κ2) is 11.1. The van der Waals surface area contributed by atoms with Gasteiger partial charge in [0, 0.05) is 27.5 Å². The number of methoxy groups -OCH3 is 1. The van der Waals surface area contributed by atoms with Crippen LogP contribution in [0.5, 0.6) is 11.5 Å². The van der Waals surface area contributed by atoms with E-state index in [0.29, 0.717) is 0 Å². The van der Waals surface area contributed by atoms with Gasteiger partial charge in [0.2, 0.25) is 0 Å². The molecule has 0 saturated heterocycles. The topological polar surface area (TPSA) is 31.4 Å². The highest BCUT2D eigenvalue weighted by Crippen LogP contribution is 2.58. The summed E-state index contributed by atoms with van der Waals surface area (Å²) in [6.07, 6.45) is 4.51. The van der Waals surface area contributed by atoms with Gasteiger partial charge in [-0.1, -0.05) is 141 Å². The van der Waals surface area contributed by atoms with Gasteiger partial charge in [-0.05, 0) is 69.1 Å². The average Bonchev–Trinajstić information content (AvgIpc) is 3.42. The fourth-order valence-corrected chi connectivity index (χ4v) is 7.96. The smallest absolute Gasteiger partial charge is 0.194 e. The lowest BCUT2D eigenvalue weighted by atomic mass is 9.77. The van der Waals surface area contributed by atoms with E-state index >= 15 is 0 Å². The number of hydrogen-bond acceptors (Lipinski definition) is 3. The van der Waals surface area contributed by atoms with Crippen LogP contribution in [0, 0.1) is 0 Å². The van der Waals surface area contributed by atoms with E-state index in [1.807, 2.05) is 18.2 Å². The Morgan fingerprint density at radius 3 is 2.02 bits per heavy atom. The summed E-state index contributed by atoms with van der Waals surface area (Å²) in [5.74, 6) is 1.67. The zero-order chi connectivity index (χ0) is 33.2. The molecule has 3 nitrogen and oxygen atoms in total. The maximum absolute atomic E-state index is 7.59. The molecule has 6 aromatic carbocycles. The summed E-state index contributed by atoms with van der Waals surface area (Å²) in [7, 11) is 1.70. The van der Waals surface area contributed by atoms with Gasteiger partial charge in [-0.2, -0.15) is 0 Å². The van der Waals surface area contributed by atoms with E-state index < -0.39 is 5.60 Å². The Hall–Kier alpha value is -5.93. The first kappa shape index (κ1) is 29.2. The lowest BCUT2D eigenvalue weighted by Gasteiger charge is -2.38. The summed E-state index contributed by atoms with van der Waals surface area (Å²) < 4.78 is 13.2. The number of benzene rings is 6. The molecule has 0 spiro atoms. The van der Waals surface area contributed by atoms with Crippen LogP contribution in [0.4, 0.5) is 0 Å². The second-order valence-corrected chi connectivity index (χ2v) is 13.5. The van der Waals surface area contributed by atoms with E-state index in [0.717, 1.165) is 56.1 Å². The Balaban J connectivity index is 1.35. The Kier molecular flexibility index (Phi) is 6.60. The molecular weight excluding hydrogens is 599 g/mol. The summed E-state index contributed by atoms with van der Waals surface area (Å²) in [6.45, 7) is 4.67. The van der Waals surface area contributed by atoms with Crippen molar-refractivity contribution in [3.8, 4) is 45.0 Å². The lowest BCUT2D eigenvalue weighted by Crippen LogP contribution is -2.36. The minimum absolute atomic E-state index is 0.209. The molecule has 1 aromatic heterocycles. The average molecular weight is 634 g/mol. The third kappa shape index (κ3) is 4.46. The molecule has 2 heterocycles. The summed E-state index contributed by atoms with van der Waals surface area (Å²) in [5, 5.41) is 2.29. The number of hydrogen-bond donors (Lipinski definition) is 0. The molecule has 1 aliphatic carbocycles. The fourth-order valence-electron chi connectivity index (χ4n) is 7.96. The number of aromatic nitrogens is 1. The molecule has 2 aliphatic rings. The van der Waals surface area contributed by atoms with E-state index in [2.05, 4.69) is 153 Å². The fraction of sp³-hybridized carbons (Fsp3) is 0.109. The van der Waals surface area contributed by atoms with Crippen molar-refractivity contribution in [3.05, 3.63) is 180 Å². The Labute approximate surface area is 287 Å². The van der Waals surface area contributed by atoms with Crippen molar-refractivity contribution >= 4 is 16.8 Å². The van der Waals surface area contributed by atoms with Gasteiger partial charge in [-0.25, -0.2) is 4.98 Å². The quantitative estimate of drug-likeness (QED) is 0.189. The normalized spacial score (nSPS) is 16.8. The van der Waals surface area contributed by atoms with Crippen LogP contribution in [0.15, 0.2) is 152 Å².